The Kier molecular flexibility index (Phi) is 3.56. The van der Waals surface area contributed by atoms with Crippen LogP contribution in [0.5, 0.6) is 0 Å². The van der Waals surface area contributed by atoms with Crippen LogP contribution >= 0.6 is 27.3 Å². The van der Waals surface area contributed by atoms with E-state index >= 15 is 0 Å². The lowest BCUT2D eigenvalue weighted by Gasteiger charge is -2.05. The van der Waals surface area contributed by atoms with Crippen molar-refractivity contribution in [1.29, 1.82) is 0 Å². The zero-order chi connectivity index (χ0) is 11.5. The first-order valence-electron chi connectivity index (χ1n) is 4.57. The van der Waals surface area contributed by atoms with Gasteiger partial charge in [0.25, 0.3) is 0 Å². The van der Waals surface area contributed by atoms with Gasteiger partial charge in [0, 0.05) is 21.3 Å². The van der Waals surface area contributed by atoms with Crippen molar-refractivity contribution in [2.24, 2.45) is 0 Å². The van der Waals surface area contributed by atoms with E-state index in [0.717, 1.165) is 27.5 Å². The summed E-state index contributed by atoms with van der Waals surface area (Å²) >= 11 is 4.89. The number of hydrogen-bond acceptors (Lipinski definition) is 2. The zero-order valence-electron chi connectivity index (χ0n) is 8.14. The second-order valence-corrected chi connectivity index (χ2v) is 5.12. The van der Waals surface area contributed by atoms with Crippen molar-refractivity contribution in [3.63, 3.8) is 0 Å². The molecule has 2 aromatic rings. The zero-order valence-corrected chi connectivity index (χ0v) is 10.5. The quantitative estimate of drug-likeness (QED) is 0.886. The summed E-state index contributed by atoms with van der Waals surface area (Å²) in [6.07, 6.45) is 0. The third-order valence-corrected chi connectivity index (χ3v) is 3.70. The topological polar surface area (TPSA) is 12.0 Å². The lowest BCUT2D eigenvalue weighted by atomic mass is 10.3. The Morgan fingerprint density at radius 2 is 2.06 bits per heavy atom. The van der Waals surface area contributed by atoms with Crippen molar-refractivity contribution in [2.45, 2.75) is 6.54 Å². The minimum absolute atomic E-state index is 0.185. The van der Waals surface area contributed by atoms with Gasteiger partial charge in [-0.05, 0) is 40.2 Å². The number of halogens is 3. The Bertz CT molecular complexity index is 498. The second kappa shape index (κ2) is 4.93. The van der Waals surface area contributed by atoms with E-state index in [1.807, 2.05) is 11.4 Å². The number of hydrogen-bond donors (Lipinski definition) is 1. The van der Waals surface area contributed by atoms with Gasteiger partial charge in [0.1, 0.15) is 11.6 Å². The maximum atomic E-state index is 13.2. The van der Waals surface area contributed by atoms with Crippen LogP contribution in [0.15, 0.2) is 34.1 Å². The summed E-state index contributed by atoms with van der Waals surface area (Å²) in [5.74, 6) is -0.895. The molecule has 84 valence electrons. The van der Waals surface area contributed by atoms with Gasteiger partial charge in [-0.25, -0.2) is 8.78 Å². The van der Waals surface area contributed by atoms with Gasteiger partial charge in [0.05, 0.1) is 5.69 Å². The molecule has 1 aromatic heterocycles. The Labute approximate surface area is 104 Å². The summed E-state index contributed by atoms with van der Waals surface area (Å²) in [7, 11) is 0. The van der Waals surface area contributed by atoms with E-state index in [1.165, 1.54) is 0 Å². The molecule has 2 rings (SSSR count). The third-order valence-electron chi connectivity index (χ3n) is 2.00. The summed E-state index contributed by atoms with van der Waals surface area (Å²) in [4.78, 5) is 1.05. The highest BCUT2D eigenvalue weighted by molar-refractivity contribution is 9.10. The van der Waals surface area contributed by atoms with Crippen LogP contribution in [-0.4, -0.2) is 0 Å². The first kappa shape index (κ1) is 11.5. The highest BCUT2D eigenvalue weighted by Crippen LogP contribution is 2.22. The lowest BCUT2D eigenvalue weighted by Crippen LogP contribution is -2.00. The van der Waals surface area contributed by atoms with E-state index in [1.54, 1.807) is 11.3 Å². The number of nitrogens with one attached hydrogen (secondary N) is 1. The van der Waals surface area contributed by atoms with E-state index in [-0.39, 0.29) is 5.69 Å². The van der Waals surface area contributed by atoms with Crippen LogP contribution in [0.2, 0.25) is 0 Å². The standard InChI is InChI=1S/C11H8BrF2NS/c12-7-3-9(16-6-7)5-15-11-4-8(13)1-2-10(11)14/h1-4,6,15H,5H2. The number of anilines is 1. The van der Waals surface area contributed by atoms with Crippen LogP contribution in [0.25, 0.3) is 0 Å². The van der Waals surface area contributed by atoms with Crippen LogP contribution in [0.3, 0.4) is 0 Å². The maximum absolute atomic E-state index is 13.2. The Hall–Kier alpha value is -0.940. The highest BCUT2D eigenvalue weighted by atomic mass is 79.9. The molecule has 1 N–H and O–H groups in total. The second-order valence-electron chi connectivity index (χ2n) is 3.21. The molecule has 0 radical (unpaired) electrons. The number of benzene rings is 1. The van der Waals surface area contributed by atoms with Crippen molar-refractivity contribution in [3.05, 3.63) is 50.6 Å². The van der Waals surface area contributed by atoms with Crippen LogP contribution < -0.4 is 5.32 Å². The van der Waals surface area contributed by atoms with Crippen molar-refractivity contribution < 1.29 is 8.78 Å². The van der Waals surface area contributed by atoms with Crippen molar-refractivity contribution >= 4 is 33.0 Å². The number of thiophene rings is 1. The molecule has 0 bridgehead atoms. The molecule has 0 aliphatic rings. The van der Waals surface area contributed by atoms with Gasteiger partial charge in [-0.15, -0.1) is 11.3 Å². The molecule has 0 amide bonds. The summed E-state index contributed by atoms with van der Waals surface area (Å²) in [6, 6.07) is 5.30. The third kappa shape index (κ3) is 2.80. The molecule has 1 aromatic carbocycles. The largest absolute Gasteiger partial charge is 0.378 e. The van der Waals surface area contributed by atoms with Crippen molar-refractivity contribution in [2.75, 3.05) is 5.32 Å². The Balaban J connectivity index is 2.07. The fourth-order valence-electron chi connectivity index (χ4n) is 1.26. The van der Waals surface area contributed by atoms with Gasteiger partial charge in [-0.2, -0.15) is 0 Å². The van der Waals surface area contributed by atoms with Crippen LogP contribution in [0.1, 0.15) is 4.88 Å². The molecule has 1 nitrogen and oxygen atoms in total. The van der Waals surface area contributed by atoms with E-state index < -0.39 is 11.6 Å². The van der Waals surface area contributed by atoms with Crippen LogP contribution in [0.4, 0.5) is 14.5 Å². The predicted molar refractivity (Wildman–Crippen MR) is 65.7 cm³/mol. The molecule has 5 heteroatoms. The monoisotopic (exact) mass is 303 g/mol. The molecule has 0 unspecified atom stereocenters. The molecular formula is C11H8BrF2NS. The molecular weight excluding hydrogens is 296 g/mol. The Morgan fingerprint density at radius 3 is 2.75 bits per heavy atom. The highest BCUT2D eigenvalue weighted by Gasteiger charge is 2.04. The lowest BCUT2D eigenvalue weighted by molar-refractivity contribution is 0.602. The van der Waals surface area contributed by atoms with Crippen LogP contribution in [0, 0.1) is 11.6 Å². The van der Waals surface area contributed by atoms with Crippen LogP contribution in [-0.2, 0) is 6.54 Å². The van der Waals surface area contributed by atoms with Gasteiger partial charge in [-0.1, -0.05) is 0 Å². The van der Waals surface area contributed by atoms with Gasteiger partial charge >= 0.3 is 0 Å². The van der Waals surface area contributed by atoms with E-state index in [0.29, 0.717) is 6.54 Å². The first-order chi connectivity index (χ1) is 7.65. The fourth-order valence-corrected chi connectivity index (χ4v) is 2.65. The molecule has 0 spiro atoms. The number of rotatable bonds is 3. The van der Waals surface area contributed by atoms with Gasteiger partial charge < -0.3 is 5.32 Å². The molecule has 0 fully saturated rings. The normalized spacial score (nSPS) is 10.4. The van der Waals surface area contributed by atoms with Crippen molar-refractivity contribution in [1.82, 2.24) is 0 Å². The van der Waals surface area contributed by atoms with E-state index in [2.05, 4.69) is 21.2 Å². The summed E-state index contributed by atoms with van der Waals surface area (Å²) in [5, 5.41) is 4.80. The fraction of sp³-hybridized carbons (Fsp3) is 0.0909. The van der Waals surface area contributed by atoms with Gasteiger partial charge in [0.15, 0.2) is 0 Å². The Morgan fingerprint density at radius 1 is 1.25 bits per heavy atom. The first-order valence-corrected chi connectivity index (χ1v) is 6.24. The SMILES string of the molecule is Fc1ccc(F)c(NCc2cc(Br)cs2)c1. The molecule has 0 aliphatic heterocycles. The minimum Gasteiger partial charge on any atom is -0.378 e. The predicted octanol–water partition coefficient (Wildman–Crippen LogP) is 4.40. The molecule has 0 atom stereocenters. The summed E-state index contributed by atoms with van der Waals surface area (Å²) < 4.78 is 27.1. The molecule has 0 aliphatic carbocycles. The molecule has 16 heavy (non-hydrogen) atoms. The van der Waals surface area contributed by atoms with Gasteiger partial charge in [-0.3, -0.25) is 0 Å². The van der Waals surface area contributed by atoms with E-state index in [9.17, 15) is 8.78 Å². The maximum Gasteiger partial charge on any atom is 0.146 e. The average molecular weight is 304 g/mol. The minimum atomic E-state index is -0.448. The van der Waals surface area contributed by atoms with Crippen molar-refractivity contribution in [3.8, 4) is 0 Å². The smallest absolute Gasteiger partial charge is 0.146 e. The van der Waals surface area contributed by atoms with Gasteiger partial charge in [0.2, 0.25) is 0 Å². The average Bonchev–Trinajstić information content (AvgIpc) is 2.66. The molecule has 0 saturated heterocycles. The summed E-state index contributed by atoms with van der Waals surface area (Å²) in [5.41, 5.74) is 0.185. The summed E-state index contributed by atoms with van der Waals surface area (Å²) in [6.45, 7) is 0.483. The molecule has 0 saturated carbocycles. The van der Waals surface area contributed by atoms with E-state index in [4.69, 9.17) is 0 Å². The molecule has 1 heterocycles.